The Bertz CT molecular complexity index is 1010. The van der Waals surface area contributed by atoms with E-state index >= 15 is 0 Å². The van der Waals surface area contributed by atoms with Crippen molar-refractivity contribution in [3.8, 4) is 5.75 Å². The highest BCUT2D eigenvalue weighted by molar-refractivity contribution is 5.81. The van der Waals surface area contributed by atoms with Gasteiger partial charge in [-0.15, -0.1) is 0 Å². The van der Waals surface area contributed by atoms with Crippen LogP contribution in [-0.4, -0.2) is 30.5 Å². The van der Waals surface area contributed by atoms with Crippen molar-refractivity contribution in [2.45, 2.75) is 44.4 Å². The summed E-state index contributed by atoms with van der Waals surface area (Å²) >= 11 is 0. The van der Waals surface area contributed by atoms with Crippen molar-refractivity contribution in [3.05, 3.63) is 83.7 Å². The number of nitrogens with zero attached hydrogens (tertiary/aromatic N) is 1. The Morgan fingerprint density at radius 1 is 1.06 bits per heavy atom. The zero-order chi connectivity index (χ0) is 21.9. The molecule has 1 saturated carbocycles. The number of carbonyl (C=O) groups is 1. The Labute approximate surface area is 190 Å². The standard InChI is InChI=1S/C28H32N2O2/c1-20(14-27(31)15-22-12-13-29-16-22)23-4-6-24(7-5-23)25-17-30(18-25)26-8-10-28(11-9-26)32-19-21-2-3-21/h4-13,16,20-21,25,29H,2-3,14-15,17-19H2,1H3/t20-/m1/s1. The summed E-state index contributed by atoms with van der Waals surface area (Å²) in [5.74, 6) is 2.87. The first-order valence-corrected chi connectivity index (χ1v) is 11.8. The molecule has 0 amide bonds. The molecule has 0 unspecified atom stereocenters. The van der Waals surface area contributed by atoms with Crippen LogP contribution in [0.1, 0.15) is 54.7 Å². The van der Waals surface area contributed by atoms with Gasteiger partial charge >= 0.3 is 0 Å². The molecule has 0 radical (unpaired) electrons. The maximum Gasteiger partial charge on any atom is 0.137 e. The van der Waals surface area contributed by atoms with Gasteiger partial charge in [0.1, 0.15) is 11.5 Å². The molecule has 2 heterocycles. The molecule has 1 aliphatic heterocycles. The van der Waals surface area contributed by atoms with E-state index in [2.05, 4.69) is 65.3 Å². The third kappa shape index (κ3) is 5.07. The van der Waals surface area contributed by atoms with Gasteiger partial charge in [-0.2, -0.15) is 0 Å². The second-order valence-electron chi connectivity index (χ2n) is 9.56. The normalized spacial score (nSPS) is 17.1. The minimum absolute atomic E-state index is 0.244. The van der Waals surface area contributed by atoms with E-state index in [-0.39, 0.29) is 5.92 Å². The molecule has 2 aromatic carbocycles. The highest BCUT2D eigenvalue weighted by atomic mass is 16.5. The van der Waals surface area contributed by atoms with Crippen LogP contribution in [0.3, 0.4) is 0 Å². The molecule has 166 valence electrons. The molecule has 1 N–H and O–H groups in total. The van der Waals surface area contributed by atoms with Gasteiger partial charge in [0.25, 0.3) is 0 Å². The number of benzene rings is 2. The van der Waals surface area contributed by atoms with Gasteiger partial charge in [0.15, 0.2) is 0 Å². The lowest BCUT2D eigenvalue weighted by Gasteiger charge is -2.41. The highest BCUT2D eigenvalue weighted by Crippen LogP contribution is 2.34. The first-order valence-electron chi connectivity index (χ1n) is 11.8. The van der Waals surface area contributed by atoms with Crippen molar-refractivity contribution in [2.75, 3.05) is 24.6 Å². The fraction of sp³-hybridized carbons (Fsp3) is 0.393. The van der Waals surface area contributed by atoms with Crippen LogP contribution in [0.25, 0.3) is 0 Å². The number of anilines is 1. The molecule has 3 aromatic rings. The second-order valence-corrected chi connectivity index (χ2v) is 9.56. The van der Waals surface area contributed by atoms with E-state index in [1.165, 1.54) is 29.7 Å². The average molecular weight is 429 g/mol. The van der Waals surface area contributed by atoms with Gasteiger partial charge in [-0.05, 0) is 71.7 Å². The van der Waals surface area contributed by atoms with E-state index in [1.807, 2.05) is 18.5 Å². The molecule has 0 bridgehead atoms. The van der Waals surface area contributed by atoms with Crippen LogP contribution in [0, 0.1) is 5.92 Å². The lowest BCUT2D eigenvalue weighted by atomic mass is 9.88. The monoisotopic (exact) mass is 428 g/mol. The Hall–Kier alpha value is -3.01. The maximum atomic E-state index is 12.4. The van der Waals surface area contributed by atoms with Crippen LogP contribution >= 0.6 is 0 Å². The fourth-order valence-corrected chi connectivity index (χ4v) is 4.48. The van der Waals surface area contributed by atoms with Crippen molar-refractivity contribution in [2.24, 2.45) is 5.92 Å². The molecule has 5 rings (SSSR count). The predicted molar refractivity (Wildman–Crippen MR) is 129 cm³/mol. The zero-order valence-corrected chi connectivity index (χ0v) is 18.8. The minimum atomic E-state index is 0.244. The molecule has 2 aliphatic rings. The zero-order valence-electron chi connectivity index (χ0n) is 18.8. The van der Waals surface area contributed by atoms with Gasteiger partial charge in [-0.3, -0.25) is 4.79 Å². The van der Waals surface area contributed by atoms with Gasteiger partial charge in [-0.25, -0.2) is 0 Å². The largest absolute Gasteiger partial charge is 0.493 e. The summed E-state index contributed by atoms with van der Waals surface area (Å²) in [7, 11) is 0. The smallest absolute Gasteiger partial charge is 0.137 e. The Morgan fingerprint density at radius 2 is 1.81 bits per heavy atom. The van der Waals surface area contributed by atoms with E-state index in [1.54, 1.807) is 0 Å². The first-order chi connectivity index (χ1) is 15.6. The van der Waals surface area contributed by atoms with Crippen molar-refractivity contribution in [1.82, 2.24) is 4.98 Å². The number of Topliss-reactive ketones (excluding diaryl/α,β-unsaturated/α-hetero) is 1. The quantitative estimate of drug-likeness (QED) is 0.450. The van der Waals surface area contributed by atoms with Gasteiger partial charge in [0.05, 0.1) is 6.61 Å². The maximum absolute atomic E-state index is 12.4. The first kappa shape index (κ1) is 20.9. The average Bonchev–Trinajstić information content (AvgIpc) is 3.47. The van der Waals surface area contributed by atoms with Gasteiger partial charge in [0, 0.05) is 49.9 Å². The topological polar surface area (TPSA) is 45.3 Å². The molecule has 1 aromatic heterocycles. The lowest BCUT2D eigenvalue weighted by Crippen LogP contribution is -2.45. The summed E-state index contributed by atoms with van der Waals surface area (Å²) < 4.78 is 5.85. The third-order valence-corrected chi connectivity index (χ3v) is 6.84. The second kappa shape index (κ2) is 9.23. The Balaban J connectivity index is 1.10. The summed E-state index contributed by atoms with van der Waals surface area (Å²) in [4.78, 5) is 17.8. The molecule has 0 spiro atoms. The van der Waals surface area contributed by atoms with Crippen LogP contribution in [0.2, 0.25) is 0 Å². The van der Waals surface area contributed by atoms with E-state index in [0.717, 1.165) is 36.9 Å². The molecule has 1 aliphatic carbocycles. The predicted octanol–water partition coefficient (Wildman–Crippen LogP) is 5.71. The van der Waals surface area contributed by atoms with Crippen molar-refractivity contribution in [3.63, 3.8) is 0 Å². The fourth-order valence-electron chi connectivity index (χ4n) is 4.48. The number of hydrogen-bond acceptors (Lipinski definition) is 3. The van der Waals surface area contributed by atoms with Crippen LogP contribution in [0.5, 0.6) is 5.75 Å². The van der Waals surface area contributed by atoms with Crippen molar-refractivity contribution in [1.29, 1.82) is 0 Å². The van der Waals surface area contributed by atoms with Crippen LogP contribution in [-0.2, 0) is 11.2 Å². The third-order valence-electron chi connectivity index (χ3n) is 6.84. The Morgan fingerprint density at radius 3 is 2.47 bits per heavy atom. The number of carbonyl (C=O) groups excluding carboxylic acids is 1. The highest BCUT2D eigenvalue weighted by Gasteiger charge is 2.28. The molecular weight excluding hydrogens is 396 g/mol. The van der Waals surface area contributed by atoms with Gasteiger partial charge in [0.2, 0.25) is 0 Å². The number of ether oxygens (including phenoxy) is 1. The molecule has 1 saturated heterocycles. The summed E-state index contributed by atoms with van der Waals surface area (Å²) in [5.41, 5.74) is 4.97. The summed E-state index contributed by atoms with van der Waals surface area (Å²) in [6.07, 6.45) is 7.50. The van der Waals surface area contributed by atoms with Gasteiger partial charge in [-0.1, -0.05) is 31.2 Å². The number of rotatable bonds is 10. The molecular formula is C28H32N2O2. The number of aromatic nitrogens is 1. The summed E-state index contributed by atoms with van der Waals surface area (Å²) in [6.45, 7) is 5.10. The Kier molecular flexibility index (Phi) is 6.02. The van der Waals surface area contributed by atoms with Crippen LogP contribution in [0.15, 0.2) is 67.0 Å². The summed E-state index contributed by atoms with van der Waals surface area (Å²) in [6, 6.07) is 19.4. The van der Waals surface area contributed by atoms with E-state index in [4.69, 9.17) is 4.74 Å². The van der Waals surface area contributed by atoms with Gasteiger partial charge < -0.3 is 14.6 Å². The molecule has 1 atom stereocenters. The number of hydrogen-bond donors (Lipinski definition) is 1. The van der Waals surface area contributed by atoms with E-state index in [9.17, 15) is 4.79 Å². The van der Waals surface area contributed by atoms with Crippen LogP contribution < -0.4 is 9.64 Å². The van der Waals surface area contributed by atoms with Crippen molar-refractivity contribution < 1.29 is 9.53 Å². The van der Waals surface area contributed by atoms with Crippen LogP contribution in [0.4, 0.5) is 5.69 Å². The number of ketones is 1. The molecule has 4 heteroatoms. The molecule has 2 fully saturated rings. The van der Waals surface area contributed by atoms with E-state index < -0.39 is 0 Å². The lowest BCUT2D eigenvalue weighted by molar-refractivity contribution is -0.118. The SMILES string of the molecule is C[C@H](CC(=O)Cc1cc[nH]c1)c1ccc(C2CN(c3ccc(OCC4CC4)cc3)C2)cc1. The van der Waals surface area contributed by atoms with Crippen molar-refractivity contribution >= 4 is 11.5 Å². The molecule has 4 nitrogen and oxygen atoms in total. The number of H-pyrrole nitrogens is 1. The number of aromatic amines is 1. The minimum Gasteiger partial charge on any atom is -0.493 e. The summed E-state index contributed by atoms with van der Waals surface area (Å²) in [5, 5.41) is 0. The van der Waals surface area contributed by atoms with E-state index in [0.29, 0.717) is 24.5 Å². The number of nitrogens with one attached hydrogen (secondary N) is 1. The molecule has 32 heavy (non-hydrogen) atoms.